The quantitative estimate of drug-likeness (QED) is 0.623. The van der Waals surface area contributed by atoms with Crippen LogP contribution in [0.3, 0.4) is 0 Å². The van der Waals surface area contributed by atoms with E-state index >= 15 is 0 Å². The first-order chi connectivity index (χ1) is 7.31. The van der Waals surface area contributed by atoms with Gasteiger partial charge in [0.05, 0.1) is 0 Å². The van der Waals surface area contributed by atoms with Gasteiger partial charge < -0.3 is 4.84 Å². The predicted octanol–water partition coefficient (Wildman–Crippen LogP) is 1.91. The maximum atomic E-state index is 5.81. The molecule has 0 aliphatic carbocycles. The van der Waals surface area contributed by atoms with E-state index in [-0.39, 0.29) is 6.61 Å². The first-order valence-corrected chi connectivity index (χ1v) is 5.49. The summed E-state index contributed by atoms with van der Waals surface area (Å²) >= 11 is 7.76. The Morgan fingerprint density at radius 3 is 3.20 bits per heavy atom. The zero-order valence-corrected chi connectivity index (χ0v) is 10.4. The van der Waals surface area contributed by atoms with E-state index in [1.54, 1.807) is 18.2 Å². The monoisotopic (exact) mass is 333 g/mol. The normalized spacial score (nSPS) is 9.73. The second kappa shape index (κ2) is 4.68. The molecule has 2 aromatic rings. The van der Waals surface area contributed by atoms with Crippen LogP contribution in [0.25, 0.3) is 11.0 Å². The van der Waals surface area contributed by atoms with Gasteiger partial charge in [0, 0.05) is 27.6 Å². The number of nitrogens with zero attached hydrogens (tertiary/aromatic N) is 3. The van der Waals surface area contributed by atoms with Crippen molar-refractivity contribution < 1.29 is 4.84 Å². The van der Waals surface area contributed by atoms with Gasteiger partial charge in [-0.3, -0.25) is 0 Å². The number of hydrogen-bond acceptors (Lipinski definition) is 3. The van der Waals surface area contributed by atoms with E-state index in [1.165, 1.54) is 4.85 Å². The highest BCUT2D eigenvalue weighted by Crippen LogP contribution is 2.15. The van der Waals surface area contributed by atoms with Gasteiger partial charge >= 0.3 is 0 Å². The largest absolute Gasteiger partial charge is 0.382 e. The molecule has 0 radical (unpaired) electrons. The molecule has 0 saturated heterocycles. The van der Waals surface area contributed by atoms with Crippen molar-refractivity contribution >= 4 is 45.2 Å². The lowest BCUT2D eigenvalue weighted by Gasteiger charge is -1.99. The van der Waals surface area contributed by atoms with Crippen molar-refractivity contribution in [3.05, 3.63) is 23.2 Å². The van der Waals surface area contributed by atoms with E-state index in [1.807, 2.05) is 22.6 Å². The van der Waals surface area contributed by atoms with Gasteiger partial charge in [0.1, 0.15) is 11.0 Å². The molecule has 0 aliphatic rings. The van der Waals surface area contributed by atoms with Gasteiger partial charge in [-0.05, 0) is 33.3 Å². The topological polar surface area (TPSA) is 39.9 Å². The number of rotatable bonds is 2. The van der Waals surface area contributed by atoms with Crippen LogP contribution >= 0.6 is 34.2 Å². The SMILES string of the molecule is Clc1ccc2c(c1)nnn2OCC#CI. The highest BCUT2D eigenvalue weighted by atomic mass is 127. The Bertz CT molecular complexity index is 543. The minimum Gasteiger partial charge on any atom is -0.382 e. The third-order valence-electron chi connectivity index (χ3n) is 1.70. The molecule has 0 atom stereocenters. The molecule has 1 aromatic carbocycles. The van der Waals surface area contributed by atoms with Gasteiger partial charge in [0.15, 0.2) is 6.61 Å². The first-order valence-electron chi connectivity index (χ1n) is 4.04. The standard InChI is InChI=1S/C9H5ClIN3O/c10-7-2-3-9-8(6-7)12-13-14(9)15-5-1-4-11/h2-3,6H,5H2. The van der Waals surface area contributed by atoms with Gasteiger partial charge in [-0.1, -0.05) is 16.4 Å². The lowest BCUT2D eigenvalue weighted by Crippen LogP contribution is -2.12. The molecule has 1 aromatic heterocycles. The summed E-state index contributed by atoms with van der Waals surface area (Å²) in [6.45, 7) is 0.282. The van der Waals surface area contributed by atoms with Gasteiger partial charge in [-0.2, -0.15) is 0 Å². The van der Waals surface area contributed by atoms with Crippen LogP contribution in [0.4, 0.5) is 0 Å². The van der Waals surface area contributed by atoms with E-state index in [0.29, 0.717) is 10.5 Å². The molecule has 0 amide bonds. The zero-order chi connectivity index (χ0) is 10.7. The number of hydrogen-bond donors (Lipinski definition) is 0. The number of halogens is 2. The van der Waals surface area contributed by atoms with Crippen molar-refractivity contribution in [3.63, 3.8) is 0 Å². The smallest absolute Gasteiger partial charge is 0.178 e. The van der Waals surface area contributed by atoms with Crippen molar-refractivity contribution in [1.29, 1.82) is 0 Å². The van der Waals surface area contributed by atoms with Gasteiger partial charge in [-0.25, -0.2) is 0 Å². The molecule has 0 spiro atoms. The van der Waals surface area contributed by atoms with Crippen molar-refractivity contribution in [2.75, 3.05) is 6.61 Å². The summed E-state index contributed by atoms with van der Waals surface area (Å²) in [6.07, 6.45) is 0. The van der Waals surface area contributed by atoms with Crippen molar-refractivity contribution in [1.82, 2.24) is 15.2 Å². The van der Waals surface area contributed by atoms with Crippen LogP contribution < -0.4 is 4.84 Å². The Kier molecular flexibility index (Phi) is 3.28. The summed E-state index contributed by atoms with van der Waals surface area (Å²) in [4.78, 5) is 6.60. The molecule has 0 saturated carbocycles. The van der Waals surface area contributed by atoms with Crippen molar-refractivity contribution in [2.45, 2.75) is 0 Å². The molecule has 1 heterocycles. The van der Waals surface area contributed by atoms with Crippen molar-refractivity contribution in [3.8, 4) is 9.85 Å². The highest BCUT2D eigenvalue weighted by Gasteiger charge is 2.04. The first kappa shape index (κ1) is 10.5. The zero-order valence-electron chi connectivity index (χ0n) is 7.44. The third kappa shape index (κ3) is 2.33. The van der Waals surface area contributed by atoms with E-state index in [4.69, 9.17) is 16.4 Å². The number of benzene rings is 1. The number of aromatic nitrogens is 3. The Hall–Kier alpha value is -1.00. The third-order valence-corrected chi connectivity index (χ3v) is 2.32. The van der Waals surface area contributed by atoms with Crippen molar-refractivity contribution in [2.24, 2.45) is 0 Å². The Morgan fingerprint density at radius 2 is 2.40 bits per heavy atom. The average Bonchev–Trinajstić information content (AvgIpc) is 2.61. The van der Waals surface area contributed by atoms with Crippen LogP contribution in [0.15, 0.2) is 18.2 Å². The number of fused-ring (bicyclic) bond motifs is 1. The minimum atomic E-state index is 0.282. The molecule has 0 aliphatic heterocycles. The summed E-state index contributed by atoms with van der Waals surface area (Å²) in [5.74, 6) is 2.76. The van der Waals surface area contributed by atoms with Gasteiger partial charge in [0.2, 0.25) is 0 Å². The molecule has 76 valence electrons. The van der Waals surface area contributed by atoms with E-state index in [2.05, 4.69) is 20.2 Å². The summed E-state index contributed by atoms with van der Waals surface area (Å²) < 4.78 is 2.70. The molecule has 0 unspecified atom stereocenters. The molecule has 0 fully saturated rings. The van der Waals surface area contributed by atoms with E-state index in [0.717, 1.165) is 5.52 Å². The average molecular weight is 334 g/mol. The molecule has 4 nitrogen and oxygen atoms in total. The molecule has 0 bridgehead atoms. The Balaban J connectivity index is 2.31. The summed E-state index contributed by atoms with van der Waals surface area (Å²) in [5.41, 5.74) is 1.47. The fraction of sp³-hybridized carbons (Fsp3) is 0.111. The Morgan fingerprint density at radius 1 is 1.53 bits per heavy atom. The Labute approximate surface area is 105 Å². The maximum absolute atomic E-state index is 5.81. The van der Waals surface area contributed by atoms with E-state index < -0.39 is 0 Å². The van der Waals surface area contributed by atoms with E-state index in [9.17, 15) is 0 Å². The second-order valence-corrected chi connectivity index (χ2v) is 3.62. The van der Waals surface area contributed by atoms with Crippen LogP contribution in [0.5, 0.6) is 0 Å². The van der Waals surface area contributed by atoms with Gasteiger partial charge in [0.25, 0.3) is 0 Å². The minimum absolute atomic E-state index is 0.282. The van der Waals surface area contributed by atoms with Crippen LogP contribution in [-0.2, 0) is 0 Å². The van der Waals surface area contributed by atoms with Crippen LogP contribution in [0.1, 0.15) is 0 Å². The predicted molar refractivity (Wildman–Crippen MR) is 65.8 cm³/mol. The summed E-state index contributed by atoms with van der Waals surface area (Å²) in [6, 6.07) is 5.29. The second-order valence-electron chi connectivity index (χ2n) is 2.64. The molecule has 2 rings (SSSR count). The fourth-order valence-corrected chi connectivity index (χ4v) is 1.41. The molecule has 0 N–H and O–H groups in total. The molecular formula is C9H5ClIN3O. The summed E-state index contributed by atoms with van der Waals surface area (Å²) in [7, 11) is 0. The lowest BCUT2D eigenvalue weighted by atomic mass is 10.3. The molecular weight excluding hydrogens is 328 g/mol. The molecule has 6 heteroatoms. The fourth-order valence-electron chi connectivity index (χ4n) is 1.09. The highest BCUT2D eigenvalue weighted by molar-refractivity contribution is 14.1. The summed E-state index contributed by atoms with van der Waals surface area (Å²) in [5, 5.41) is 8.36. The maximum Gasteiger partial charge on any atom is 0.178 e. The van der Waals surface area contributed by atoms with Crippen LogP contribution in [0.2, 0.25) is 5.02 Å². The lowest BCUT2D eigenvalue weighted by molar-refractivity contribution is 0.114. The van der Waals surface area contributed by atoms with Gasteiger partial charge in [-0.15, -0.1) is 5.10 Å². The van der Waals surface area contributed by atoms with Crippen LogP contribution in [-0.4, -0.2) is 21.8 Å². The molecule has 15 heavy (non-hydrogen) atoms. The van der Waals surface area contributed by atoms with Crippen LogP contribution in [0, 0.1) is 9.85 Å².